The molecular formula is C19H23N3O4. The number of ether oxygens (including phenoxy) is 1. The van der Waals surface area contributed by atoms with Crippen molar-refractivity contribution in [2.24, 2.45) is 0 Å². The van der Waals surface area contributed by atoms with Gasteiger partial charge in [0, 0.05) is 33.4 Å². The molecule has 0 saturated carbocycles. The number of carbonyl (C=O) groups excluding carboxylic acids is 2. The molecule has 2 rings (SSSR count). The number of rotatable bonds is 7. The van der Waals surface area contributed by atoms with Crippen LogP contribution in [0.25, 0.3) is 0 Å². The van der Waals surface area contributed by atoms with Crippen LogP contribution in [0, 0.1) is 0 Å². The van der Waals surface area contributed by atoms with Gasteiger partial charge in [0.2, 0.25) is 0 Å². The molecule has 138 valence electrons. The van der Waals surface area contributed by atoms with E-state index >= 15 is 0 Å². The van der Waals surface area contributed by atoms with Gasteiger partial charge in [0.15, 0.2) is 0 Å². The maximum atomic E-state index is 12.6. The van der Waals surface area contributed by atoms with E-state index in [2.05, 4.69) is 10.3 Å². The van der Waals surface area contributed by atoms with Gasteiger partial charge in [-0.05, 0) is 18.6 Å². The Labute approximate surface area is 152 Å². The summed E-state index contributed by atoms with van der Waals surface area (Å²) in [5, 5.41) is 2.69. The van der Waals surface area contributed by atoms with E-state index < -0.39 is 11.5 Å². The molecule has 0 radical (unpaired) electrons. The van der Waals surface area contributed by atoms with E-state index in [1.807, 2.05) is 37.3 Å². The number of carbonyl (C=O) groups is 2. The van der Waals surface area contributed by atoms with Crippen molar-refractivity contribution in [1.29, 1.82) is 0 Å². The molecule has 0 spiro atoms. The molecule has 1 atom stereocenters. The molecule has 0 aliphatic rings. The molecule has 0 aliphatic carbocycles. The topological polar surface area (TPSA) is 91.5 Å². The van der Waals surface area contributed by atoms with Gasteiger partial charge in [0.25, 0.3) is 17.4 Å². The SMILES string of the molecule is COC(C)CNC(=O)c1c[nH]c(=O)c(C(=O)N(C)Cc2ccccc2)c1. The van der Waals surface area contributed by atoms with Crippen molar-refractivity contribution in [2.75, 3.05) is 20.7 Å². The molecular weight excluding hydrogens is 334 g/mol. The Balaban J connectivity index is 2.14. The predicted molar refractivity (Wildman–Crippen MR) is 98.1 cm³/mol. The zero-order valence-corrected chi connectivity index (χ0v) is 15.1. The molecule has 2 N–H and O–H groups in total. The van der Waals surface area contributed by atoms with Gasteiger partial charge in [-0.1, -0.05) is 30.3 Å². The minimum absolute atomic E-state index is 0.0733. The van der Waals surface area contributed by atoms with Crippen LogP contribution in [0.2, 0.25) is 0 Å². The standard InChI is InChI=1S/C19H23N3O4/c1-13(26-3)10-20-17(23)15-9-16(18(24)21-11-15)19(25)22(2)12-14-7-5-4-6-8-14/h4-9,11,13H,10,12H2,1-3H3,(H,20,23)(H,21,24). The summed E-state index contributed by atoms with van der Waals surface area (Å²) in [7, 11) is 3.16. The fourth-order valence-electron chi connectivity index (χ4n) is 2.33. The van der Waals surface area contributed by atoms with E-state index in [4.69, 9.17) is 4.74 Å². The third-order valence-corrected chi connectivity index (χ3v) is 3.96. The van der Waals surface area contributed by atoms with Gasteiger partial charge in [-0.25, -0.2) is 0 Å². The number of nitrogens with zero attached hydrogens (tertiary/aromatic N) is 1. The number of amides is 2. The summed E-state index contributed by atoms with van der Waals surface area (Å²) in [5.41, 5.74) is 0.555. The lowest BCUT2D eigenvalue weighted by molar-refractivity contribution is 0.0783. The van der Waals surface area contributed by atoms with Crippen LogP contribution in [0.1, 0.15) is 33.2 Å². The fourth-order valence-corrected chi connectivity index (χ4v) is 2.33. The van der Waals surface area contributed by atoms with E-state index in [1.54, 1.807) is 14.2 Å². The molecule has 1 aromatic heterocycles. The summed E-state index contributed by atoms with van der Waals surface area (Å²) in [6.07, 6.45) is 1.16. The first kappa shape index (κ1) is 19.4. The predicted octanol–water partition coefficient (Wildman–Crippen LogP) is 1.41. The van der Waals surface area contributed by atoms with Crippen LogP contribution in [-0.4, -0.2) is 48.5 Å². The van der Waals surface area contributed by atoms with E-state index in [9.17, 15) is 14.4 Å². The van der Waals surface area contributed by atoms with Gasteiger partial charge in [-0.15, -0.1) is 0 Å². The number of methoxy groups -OCH3 is 1. The second-order valence-corrected chi connectivity index (χ2v) is 6.03. The summed E-state index contributed by atoms with van der Waals surface area (Å²) in [4.78, 5) is 40.8. The third kappa shape index (κ3) is 5.03. The second-order valence-electron chi connectivity index (χ2n) is 6.03. The Hall–Kier alpha value is -2.93. The lowest BCUT2D eigenvalue weighted by atomic mass is 10.1. The molecule has 0 aliphatic heterocycles. The van der Waals surface area contributed by atoms with Crippen LogP contribution in [0.4, 0.5) is 0 Å². The monoisotopic (exact) mass is 357 g/mol. The first-order valence-electron chi connectivity index (χ1n) is 8.25. The van der Waals surface area contributed by atoms with Crippen LogP contribution >= 0.6 is 0 Å². The Morgan fingerprint density at radius 3 is 2.62 bits per heavy atom. The molecule has 0 fully saturated rings. The smallest absolute Gasteiger partial charge is 0.260 e. The summed E-state index contributed by atoms with van der Waals surface area (Å²) in [5.74, 6) is -0.833. The van der Waals surface area contributed by atoms with Gasteiger partial charge in [-0.3, -0.25) is 14.4 Å². The highest BCUT2D eigenvalue weighted by Crippen LogP contribution is 2.07. The molecule has 2 aromatic rings. The molecule has 1 heterocycles. The zero-order valence-electron chi connectivity index (χ0n) is 15.1. The number of pyridine rings is 1. The first-order chi connectivity index (χ1) is 12.4. The average molecular weight is 357 g/mol. The maximum Gasteiger partial charge on any atom is 0.260 e. The number of benzene rings is 1. The quantitative estimate of drug-likeness (QED) is 0.784. The number of H-pyrrole nitrogens is 1. The Bertz CT molecular complexity index is 817. The summed E-state index contributed by atoms with van der Waals surface area (Å²) < 4.78 is 5.07. The normalized spacial score (nSPS) is 11.7. The van der Waals surface area contributed by atoms with Crippen molar-refractivity contribution < 1.29 is 14.3 Å². The Morgan fingerprint density at radius 2 is 1.96 bits per heavy atom. The van der Waals surface area contributed by atoms with Gasteiger partial charge < -0.3 is 19.9 Å². The average Bonchev–Trinajstić information content (AvgIpc) is 2.66. The van der Waals surface area contributed by atoms with Crippen LogP contribution in [0.3, 0.4) is 0 Å². The van der Waals surface area contributed by atoms with Gasteiger partial charge >= 0.3 is 0 Å². The zero-order chi connectivity index (χ0) is 19.1. The van der Waals surface area contributed by atoms with Crippen molar-refractivity contribution in [2.45, 2.75) is 19.6 Å². The van der Waals surface area contributed by atoms with E-state index in [0.29, 0.717) is 13.1 Å². The highest BCUT2D eigenvalue weighted by molar-refractivity contribution is 5.99. The largest absolute Gasteiger partial charge is 0.380 e. The van der Waals surface area contributed by atoms with Crippen molar-refractivity contribution in [3.05, 3.63) is 69.6 Å². The molecule has 2 amide bonds. The first-order valence-corrected chi connectivity index (χ1v) is 8.25. The maximum absolute atomic E-state index is 12.6. The van der Waals surface area contributed by atoms with Crippen molar-refractivity contribution >= 4 is 11.8 Å². The molecule has 1 unspecified atom stereocenters. The lowest BCUT2D eigenvalue weighted by Gasteiger charge is -2.17. The van der Waals surface area contributed by atoms with Crippen molar-refractivity contribution in [3.63, 3.8) is 0 Å². The molecule has 1 aromatic carbocycles. The number of aromatic amines is 1. The van der Waals surface area contributed by atoms with E-state index in [-0.39, 0.29) is 23.1 Å². The van der Waals surface area contributed by atoms with Crippen LogP contribution < -0.4 is 10.9 Å². The van der Waals surface area contributed by atoms with Crippen LogP contribution in [-0.2, 0) is 11.3 Å². The highest BCUT2D eigenvalue weighted by Gasteiger charge is 2.18. The number of nitrogens with one attached hydrogen (secondary N) is 2. The Kier molecular flexibility index (Phi) is 6.68. The van der Waals surface area contributed by atoms with Crippen molar-refractivity contribution in [3.8, 4) is 0 Å². The van der Waals surface area contributed by atoms with Gasteiger partial charge in [-0.2, -0.15) is 0 Å². The molecule has 7 nitrogen and oxygen atoms in total. The molecule has 7 heteroatoms. The second kappa shape index (κ2) is 8.96. The van der Waals surface area contributed by atoms with Crippen LogP contribution in [0.15, 0.2) is 47.4 Å². The summed E-state index contributed by atoms with van der Waals surface area (Å²) in [6.45, 7) is 2.51. The lowest BCUT2D eigenvalue weighted by Crippen LogP contribution is -2.34. The molecule has 26 heavy (non-hydrogen) atoms. The highest BCUT2D eigenvalue weighted by atomic mass is 16.5. The van der Waals surface area contributed by atoms with E-state index in [1.165, 1.54) is 17.2 Å². The van der Waals surface area contributed by atoms with Gasteiger partial charge in [0.1, 0.15) is 5.56 Å². The minimum Gasteiger partial charge on any atom is -0.380 e. The Morgan fingerprint density at radius 1 is 1.27 bits per heavy atom. The molecule has 0 saturated heterocycles. The number of hydrogen-bond acceptors (Lipinski definition) is 4. The van der Waals surface area contributed by atoms with Gasteiger partial charge in [0.05, 0.1) is 11.7 Å². The van der Waals surface area contributed by atoms with Crippen LogP contribution in [0.5, 0.6) is 0 Å². The molecule has 0 bridgehead atoms. The minimum atomic E-state index is -0.531. The third-order valence-electron chi connectivity index (χ3n) is 3.96. The van der Waals surface area contributed by atoms with Crippen molar-refractivity contribution in [1.82, 2.24) is 15.2 Å². The summed E-state index contributed by atoms with van der Waals surface area (Å²) in [6, 6.07) is 10.8. The number of aromatic nitrogens is 1. The summed E-state index contributed by atoms with van der Waals surface area (Å²) >= 11 is 0. The van der Waals surface area contributed by atoms with E-state index in [0.717, 1.165) is 5.56 Å². The fraction of sp³-hybridized carbons (Fsp3) is 0.316. The number of hydrogen-bond donors (Lipinski definition) is 2.